The van der Waals surface area contributed by atoms with Crippen LogP contribution in [0.15, 0.2) is 18.2 Å². The zero-order valence-corrected chi connectivity index (χ0v) is 14.0. The Morgan fingerprint density at radius 3 is 2.78 bits per heavy atom. The first-order chi connectivity index (χ1) is 11.1. The van der Waals surface area contributed by atoms with Crippen molar-refractivity contribution in [1.29, 1.82) is 0 Å². The van der Waals surface area contributed by atoms with E-state index in [1.165, 1.54) is 0 Å². The number of halogens is 1. The Morgan fingerprint density at radius 2 is 2.09 bits per heavy atom. The first-order valence-corrected chi connectivity index (χ1v) is 8.53. The summed E-state index contributed by atoms with van der Waals surface area (Å²) in [7, 11) is 0. The Labute approximate surface area is 141 Å². The first-order valence-electron chi connectivity index (χ1n) is 8.15. The zero-order chi connectivity index (χ0) is 16.4. The van der Waals surface area contributed by atoms with Crippen molar-refractivity contribution in [3.63, 3.8) is 0 Å². The zero-order valence-electron chi connectivity index (χ0n) is 13.2. The topological polar surface area (TPSA) is 70.2 Å². The summed E-state index contributed by atoms with van der Waals surface area (Å²) in [6.07, 6.45) is 3.03. The van der Waals surface area contributed by atoms with E-state index in [9.17, 15) is 9.59 Å². The van der Waals surface area contributed by atoms with Crippen molar-refractivity contribution < 1.29 is 9.59 Å². The normalized spacial score (nSPS) is 21.7. The molecule has 23 heavy (non-hydrogen) atoms. The van der Waals surface area contributed by atoms with Gasteiger partial charge in [-0.2, -0.15) is 0 Å². The number of rotatable bonds is 4. The maximum absolute atomic E-state index is 12.6. The number of nitrogens with one attached hydrogen (secondary N) is 3. The second-order valence-corrected chi connectivity index (χ2v) is 6.84. The Morgan fingerprint density at radius 1 is 1.35 bits per heavy atom. The molecule has 3 N–H and O–H groups in total. The third-order valence-electron chi connectivity index (χ3n) is 4.93. The summed E-state index contributed by atoms with van der Waals surface area (Å²) in [5, 5.41) is 9.51. The van der Waals surface area contributed by atoms with Gasteiger partial charge in [-0.1, -0.05) is 11.6 Å². The van der Waals surface area contributed by atoms with Gasteiger partial charge in [0, 0.05) is 17.5 Å². The van der Waals surface area contributed by atoms with Crippen LogP contribution in [0.4, 0.5) is 5.69 Å². The average molecular weight is 336 g/mol. The fraction of sp³-hybridized carbons (Fsp3) is 0.529. The highest BCUT2D eigenvalue weighted by Crippen LogP contribution is 2.58. The average Bonchev–Trinajstić information content (AvgIpc) is 3.21. The van der Waals surface area contributed by atoms with Crippen LogP contribution in [0.1, 0.15) is 36.5 Å². The highest BCUT2D eigenvalue weighted by Gasteiger charge is 2.57. The van der Waals surface area contributed by atoms with Crippen molar-refractivity contribution >= 4 is 29.1 Å². The van der Waals surface area contributed by atoms with Gasteiger partial charge in [-0.3, -0.25) is 9.59 Å². The molecule has 6 heteroatoms. The molecule has 1 saturated carbocycles. The fourth-order valence-electron chi connectivity index (χ4n) is 3.49. The second kappa shape index (κ2) is 6.49. The summed E-state index contributed by atoms with van der Waals surface area (Å²) in [5.41, 5.74) is 1.11. The van der Waals surface area contributed by atoms with Crippen LogP contribution in [0.2, 0.25) is 5.02 Å². The van der Waals surface area contributed by atoms with Crippen molar-refractivity contribution in [1.82, 2.24) is 10.6 Å². The molecule has 2 aliphatic rings. The molecule has 3 rings (SSSR count). The van der Waals surface area contributed by atoms with Crippen molar-refractivity contribution in [3.8, 4) is 0 Å². The third kappa shape index (κ3) is 3.35. The van der Waals surface area contributed by atoms with E-state index in [0.717, 1.165) is 32.4 Å². The number of piperidine rings is 1. The van der Waals surface area contributed by atoms with Crippen LogP contribution in [0, 0.1) is 11.3 Å². The molecular weight excluding hydrogens is 314 g/mol. The molecule has 1 saturated heterocycles. The molecule has 1 aliphatic heterocycles. The molecule has 5 nitrogen and oxygen atoms in total. The number of benzene rings is 1. The van der Waals surface area contributed by atoms with Gasteiger partial charge in [-0.15, -0.1) is 0 Å². The van der Waals surface area contributed by atoms with Gasteiger partial charge in [0.05, 0.1) is 11.3 Å². The van der Waals surface area contributed by atoms with Gasteiger partial charge in [0.1, 0.15) is 0 Å². The molecule has 0 radical (unpaired) electrons. The summed E-state index contributed by atoms with van der Waals surface area (Å²) in [6, 6.07) is 4.95. The predicted molar refractivity (Wildman–Crippen MR) is 90.7 cm³/mol. The molecule has 2 fully saturated rings. The van der Waals surface area contributed by atoms with E-state index < -0.39 is 0 Å². The van der Waals surface area contributed by atoms with Crippen LogP contribution < -0.4 is 16.0 Å². The van der Waals surface area contributed by atoms with E-state index in [4.69, 9.17) is 11.6 Å². The SMILES string of the molecule is CCNC(=O)c1ccc(Cl)cc1NC(=O)C1CC12CCNCC2. The summed E-state index contributed by atoms with van der Waals surface area (Å²) in [5.74, 6) is -0.155. The molecule has 1 spiro atoms. The number of amides is 2. The van der Waals surface area contributed by atoms with E-state index in [1.807, 2.05) is 6.92 Å². The van der Waals surface area contributed by atoms with E-state index in [0.29, 0.717) is 22.8 Å². The summed E-state index contributed by atoms with van der Waals surface area (Å²) in [4.78, 5) is 24.7. The van der Waals surface area contributed by atoms with Gasteiger partial charge in [0.2, 0.25) is 5.91 Å². The lowest BCUT2D eigenvalue weighted by Gasteiger charge is -2.23. The molecule has 0 bridgehead atoms. The lowest BCUT2D eigenvalue weighted by molar-refractivity contribution is -0.118. The van der Waals surface area contributed by atoms with Crippen molar-refractivity contribution in [3.05, 3.63) is 28.8 Å². The third-order valence-corrected chi connectivity index (χ3v) is 5.16. The maximum Gasteiger partial charge on any atom is 0.253 e. The Hall–Kier alpha value is -1.59. The van der Waals surface area contributed by atoms with Crippen LogP contribution in [-0.2, 0) is 4.79 Å². The maximum atomic E-state index is 12.6. The van der Waals surface area contributed by atoms with Crippen molar-refractivity contribution in [2.45, 2.75) is 26.2 Å². The van der Waals surface area contributed by atoms with Gasteiger partial charge in [-0.05, 0) is 62.9 Å². The minimum atomic E-state index is -0.202. The molecular formula is C17H22ClN3O2. The highest BCUT2D eigenvalue weighted by molar-refractivity contribution is 6.31. The van der Waals surface area contributed by atoms with Crippen LogP contribution in [0.3, 0.4) is 0 Å². The predicted octanol–water partition coefficient (Wildman–Crippen LogP) is 2.42. The number of carbonyl (C=O) groups is 2. The molecule has 1 aromatic rings. The summed E-state index contributed by atoms with van der Waals surface area (Å²) < 4.78 is 0. The molecule has 1 aliphatic carbocycles. The molecule has 124 valence electrons. The molecule has 1 aromatic carbocycles. The van der Waals surface area contributed by atoms with Crippen molar-refractivity contribution in [2.75, 3.05) is 25.0 Å². The minimum absolute atomic E-state index is 0.000264. The Balaban J connectivity index is 1.73. The first kappa shape index (κ1) is 16.3. The number of hydrogen-bond donors (Lipinski definition) is 3. The Kier molecular flexibility index (Phi) is 4.60. The quantitative estimate of drug-likeness (QED) is 0.791. The van der Waals surface area contributed by atoms with Crippen LogP contribution >= 0.6 is 11.6 Å². The highest BCUT2D eigenvalue weighted by atomic mass is 35.5. The van der Waals surface area contributed by atoms with E-state index >= 15 is 0 Å². The molecule has 1 heterocycles. The van der Waals surface area contributed by atoms with Gasteiger partial charge in [-0.25, -0.2) is 0 Å². The lowest BCUT2D eigenvalue weighted by atomic mass is 9.91. The minimum Gasteiger partial charge on any atom is -0.352 e. The van der Waals surface area contributed by atoms with E-state index in [2.05, 4.69) is 16.0 Å². The van der Waals surface area contributed by atoms with Gasteiger partial charge >= 0.3 is 0 Å². The Bertz CT molecular complexity index is 626. The second-order valence-electron chi connectivity index (χ2n) is 6.41. The van der Waals surface area contributed by atoms with Crippen molar-refractivity contribution in [2.24, 2.45) is 11.3 Å². The fourth-order valence-corrected chi connectivity index (χ4v) is 3.66. The summed E-state index contributed by atoms with van der Waals surface area (Å²) in [6.45, 7) is 4.35. The van der Waals surface area contributed by atoms with Gasteiger partial charge < -0.3 is 16.0 Å². The van der Waals surface area contributed by atoms with Gasteiger partial charge in [0.25, 0.3) is 5.91 Å². The van der Waals surface area contributed by atoms with Gasteiger partial charge in [0.15, 0.2) is 0 Å². The molecule has 1 unspecified atom stereocenters. The summed E-state index contributed by atoms with van der Waals surface area (Å²) >= 11 is 6.03. The van der Waals surface area contributed by atoms with E-state index in [1.54, 1.807) is 18.2 Å². The number of carbonyl (C=O) groups excluding carboxylic acids is 2. The van der Waals surface area contributed by atoms with Crippen LogP contribution in [-0.4, -0.2) is 31.4 Å². The largest absolute Gasteiger partial charge is 0.352 e. The lowest BCUT2D eigenvalue weighted by Crippen LogP contribution is -2.32. The molecule has 0 aromatic heterocycles. The monoisotopic (exact) mass is 335 g/mol. The van der Waals surface area contributed by atoms with Crippen LogP contribution in [0.25, 0.3) is 0 Å². The number of hydrogen-bond acceptors (Lipinski definition) is 3. The van der Waals surface area contributed by atoms with Crippen LogP contribution in [0.5, 0.6) is 0 Å². The number of anilines is 1. The molecule has 2 amide bonds. The standard InChI is InChI=1S/C17H22ClN3O2/c1-2-20-15(22)12-4-3-11(18)9-14(12)21-16(23)13-10-17(13)5-7-19-8-6-17/h3-4,9,13,19H,2,5-8,10H2,1H3,(H,20,22)(H,21,23). The molecule has 1 atom stereocenters. The van der Waals surface area contributed by atoms with E-state index in [-0.39, 0.29) is 23.1 Å². The smallest absolute Gasteiger partial charge is 0.253 e.